The minimum atomic E-state index is -0.847. The van der Waals surface area contributed by atoms with Gasteiger partial charge in [0.1, 0.15) is 0 Å². The van der Waals surface area contributed by atoms with E-state index in [4.69, 9.17) is 11.6 Å². The summed E-state index contributed by atoms with van der Waals surface area (Å²) in [4.78, 5) is 23.4. The summed E-state index contributed by atoms with van der Waals surface area (Å²) in [5.41, 5.74) is 4.72. The molecule has 0 saturated heterocycles. The van der Waals surface area contributed by atoms with Gasteiger partial charge in [-0.1, -0.05) is 49.7 Å². The molecular weight excluding hydrogens is 326 g/mol. The highest BCUT2D eigenvalue weighted by atomic mass is 35.5. The highest BCUT2D eigenvalue weighted by Crippen LogP contribution is 2.14. The molecule has 5 nitrogen and oxygen atoms in total. The molecule has 0 fully saturated rings. The number of nitrogens with one attached hydrogen (secondary N) is 2. The van der Waals surface area contributed by atoms with E-state index in [0.717, 1.165) is 5.56 Å². The summed E-state index contributed by atoms with van der Waals surface area (Å²) in [5, 5.41) is 6.79. The fraction of sp³-hybridized carbons (Fsp3) is 0.167. The number of amides is 2. The van der Waals surface area contributed by atoms with Crippen LogP contribution in [0, 0.1) is 0 Å². The molecule has 0 radical (unpaired) electrons. The summed E-state index contributed by atoms with van der Waals surface area (Å²) < 4.78 is 0. The van der Waals surface area contributed by atoms with E-state index in [2.05, 4.69) is 29.7 Å². The van der Waals surface area contributed by atoms with Gasteiger partial charge in [0.05, 0.1) is 6.21 Å². The summed E-state index contributed by atoms with van der Waals surface area (Å²) >= 11 is 5.75. The molecule has 0 aromatic heterocycles. The summed E-state index contributed by atoms with van der Waals surface area (Å²) in [6.45, 7) is 4.23. The molecule has 2 amide bonds. The van der Waals surface area contributed by atoms with Gasteiger partial charge < -0.3 is 5.32 Å². The number of halogens is 1. The minimum Gasteiger partial charge on any atom is -0.318 e. The molecule has 0 aliphatic heterocycles. The van der Waals surface area contributed by atoms with Gasteiger partial charge in [0.15, 0.2) is 0 Å². The van der Waals surface area contributed by atoms with Gasteiger partial charge in [-0.3, -0.25) is 9.59 Å². The lowest BCUT2D eigenvalue weighted by Gasteiger charge is -2.05. The van der Waals surface area contributed by atoms with E-state index in [0.29, 0.717) is 16.6 Å². The van der Waals surface area contributed by atoms with Gasteiger partial charge in [-0.05, 0) is 41.3 Å². The lowest BCUT2D eigenvalue weighted by Crippen LogP contribution is -2.32. The molecule has 0 bridgehead atoms. The molecule has 0 spiro atoms. The van der Waals surface area contributed by atoms with Crippen molar-refractivity contribution in [2.24, 2.45) is 5.10 Å². The first-order valence-electron chi connectivity index (χ1n) is 7.45. The van der Waals surface area contributed by atoms with Gasteiger partial charge in [0.2, 0.25) is 0 Å². The SMILES string of the molecule is CC(C)c1ccc(/C=N\NC(=O)C(=O)Nc2ccc(Cl)cc2)cc1. The first kappa shape index (κ1) is 17.7. The molecule has 0 unspecified atom stereocenters. The third kappa shape index (κ3) is 5.21. The van der Waals surface area contributed by atoms with Crippen molar-refractivity contribution < 1.29 is 9.59 Å². The van der Waals surface area contributed by atoms with Crippen molar-refractivity contribution in [1.29, 1.82) is 0 Å². The van der Waals surface area contributed by atoms with Crippen LogP contribution in [0.25, 0.3) is 0 Å². The molecule has 2 rings (SSSR count). The third-order valence-corrected chi connectivity index (χ3v) is 3.54. The number of hydrogen-bond donors (Lipinski definition) is 2. The molecule has 0 aliphatic carbocycles. The zero-order valence-electron chi connectivity index (χ0n) is 13.4. The van der Waals surface area contributed by atoms with Gasteiger partial charge in [-0.2, -0.15) is 5.10 Å². The standard InChI is InChI=1S/C18H18ClN3O2/c1-12(2)14-5-3-13(4-6-14)11-20-22-18(24)17(23)21-16-9-7-15(19)8-10-16/h3-12H,1-2H3,(H,21,23)(H,22,24)/b20-11-. The van der Waals surface area contributed by atoms with Crippen LogP contribution in [-0.4, -0.2) is 18.0 Å². The lowest BCUT2D eigenvalue weighted by molar-refractivity contribution is -0.136. The van der Waals surface area contributed by atoms with E-state index < -0.39 is 11.8 Å². The van der Waals surface area contributed by atoms with E-state index in [1.54, 1.807) is 24.3 Å². The molecule has 6 heteroatoms. The van der Waals surface area contributed by atoms with Crippen LogP contribution >= 0.6 is 11.6 Å². The zero-order chi connectivity index (χ0) is 17.5. The second kappa shape index (κ2) is 8.26. The molecule has 0 heterocycles. The van der Waals surface area contributed by atoms with Crippen LogP contribution < -0.4 is 10.7 Å². The first-order chi connectivity index (χ1) is 11.5. The smallest absolute Gasteiger partial charge is 0.318 e. The Morgan fingerprint density at radius 2 is 1.62 bits per heavy atom. The fourth-order valence-electron chi connectivity index (χ4n) is 1.90. The van der Waals surface area contributed by atoms with Crippen molar-refractivity contribution in [1.82, 2.24) is 5.43 Å². The van der Waals surface area contributed by atoms with Crippen LogP contribution in [0.5, 0.6) is 0 Å². The second-order valence-electron chi connectivity index (χ2n) is 5.48. The van der Waals surface area contributed by atoms with Crippen molar-refractivity contribution in [2.75, 3.05) is 5.32 Å². The van der Waals surface area contributed by atoms with Gasteiger partial charge in [0.25, 0.3) is 0 Å². The van der Waals surface area contributed by atoms with Crippen LogP contribution in [0.2, 0.25) is 5.02 Å². The van der Waals surface area contributed by atoms with Crippen molar-refractivity contribution in [2.45, 2.75) is 19.8 Å². The zero-order valence-corrected chi connectivity index (χ0v) is 14.2. The van der Waals surface area contributed by atoms with Gasteiger partial charge in [-0.15, -0.1) is 0 Å². The van der Waals surface area contributed by atoms with E-state index in [-0.39, 0.29) is 0 Å². The second-order valence-corrected chi connectivity index (χ2v) is 5.92. The Hall–Kier alpha value is -2.66. The summed E-state index contributed by atoms with van der Waals surface area (Å²) in [7, 11) is 0. The number of hydrogen-bond acceptors (Lipinski definition) is 3. The minimum absolute atomic E-state index is 0.451. The first-order valence-corrected chi connectivity index (χ1v) is 7.83. The lowest BCUT2D eigenvalue weighted by atomic mass is 10.0. The van der Waals surface area contributed by atoms with Crippen molar-refractivity contribution in [3.8, 4) is 0 Å². The molecule has 124 valence electrons. The van der Waals surface area contributed by atoms with Gasteiger partial charge in [-0.25, -0.2) is 5.43 Å². The maximum Gasteiger partial charge on any atom is 0.329 e. The average molecular weight is 344 g/mol. The molecular formula is C18H18ClN3O2. The Morgan fingerprint density at radius 1 is 1.00 bits per heavy atom. The number of carbonyl (C=O) groups is 2. The Bertz CT molecular complexity index is 738. The predicted molar refractivity (Wildman–Crippen MR) is 96.3 cm³/mol. The van der Waals surface area contributed by atoms with E-state index in [9.17, 15) is 9.59 Å². The average Bonchev–Trinajstić information content (AvgIpc) is 2.57. The molecule has 2 aromatic rings. The number of hydrazone groups is 1. The van der Waals surface area contributed by atoms with Crippen LogP contribution in [-0.2, 0) is 9.59 Å². The van der Waals surface area contributed by atoms with Gasteiger partial charge >= 0.3 is 11.8 Å². The number of anilines is 1. The largest absolute Gasteiger partial charge is 0.329 e. The highest BCUT2D eigenvalue weighted by Gasteiger charge is 2.12. The molecule has 24 heavy (non-hydrogen) atoms. The number of benzene rings is 2. The van der Waals surface area contributed by atoms with Gasteiger partial charge in [0, 0.05) is 10.7 Å². The fourth-order valence-corrected chi connectivity index (χ4v) is 2.03. The van der Waals surface area contributed by atoms with Crippen LogP contribution in [0.4, 0.5) is 5.69 Å². The number of rotatable bonds is 4. The number of carbonyl (C=O) groups excluding carboxylic acids is 2. The van der Waals surface area contributed by atoms with Crippen molar-refractivity contribution in [3.63, 3.8) is 0 Å². The maximum absolute atomic E-state index is 11.7. The maximum atomic E-state index is 11.7. The van der Waals surface area contributed by atoms with E-state index in [1.807, 2.05) is 24.3 Å². The predicted octanol–water partition coefficient (Wildman–Crippen LogP) is 3.55. The highest BCUT2D eigenvalue weighted by molar-refractivity contribution is 6.39. The monoisotopic (exact) mass is 343 g/mol. The van der Waals surface area contributed by atoms with Crippen LogP contribution in [0.1, 0.15) is 30.9 Å². The Kier molecular flexibility index (Phi) is 6.09. The van der Waals surface area contributed by atoms with Crippen LogP contribution in [0.15, 0.2) is 53.6 Å². The molecule has 0 saturated carbocycles. The Morgan fingerprint density at radius 3 is 2.21 bits per heavy atom. The Balaban J connectivity index is 1.87. The topological polar surface area (TPSA) is 70.6 Å². The van der Waals surface area contributed by atoms with Crippen molar-refractivity contribution >= 4 is 35.3 Å². The van der Waals surface area contributed by atoms with E-state index >= 15 is 0 Å². The molecule has 2 aromatic carbocycles. The van der Waals surface area contributed by atoms with E-state index in [1.165, 1.54) is 11.8 Å². The number of nitrogens with zero attached hydrogens (tertiary/aromatic N) is 1. The third-order valence-electron chi connectivity index (χ3n) is 3.29. The summed E-state index contributed by atoms with van der Waals surface area (Å²) in [6, 6.07) is 14.3. The summed E-state index contributed by atoms with van der Waals surface area (Å²) in [5.74, 6) is -1.20. The summed E-state index contributed by atoms with van der Waals surface area (Å²) in [6.07, 6.45) is 1.48. The normalized spacial score (nSPS) is 10.8. The molecule has 2 N–H and O–H groups in total. The quantitative estimate of drug-likeness (QED) is 0.506. The molecule has 0 aliphatic rings. The van der Waals surface area contributed by atoms with Crippen LogP contribution in [0.3, 0.4) is 0 Å². The van der Waals surface area contributed by atoms with Crippen molar-refractivity contribution in [3.05, 3.63) is 64.7 Å². The molecule has 0 atom stereocenters. The Labute approximate surface area is 145 Å².